The summed E-state index contributed by atoms with van der Waals surface area (Å²) in [7, 11) is 0. The van der Waals surface area contributed by atoms with Gasteiger partial charge in [0, 0.05) is 12.3 Å². The van der Waals surface area contributed by atoms with Crippen LogP contribution >= 0.6 is 11.8 Å². The number of nitrogens with zero attached hydrogens (tertiary/aromatic N) is 2. The van der Waals surface area contributed by atoms with Gasteiger partial charge in [0.1, 0.15) is 0 Å². The van der Waals surface area contributed by atoms with Crippen molar-refractivity contribution in [3.05, 3.63) is 35.4 Å². The van der Waals surface area contributed by atoms with Crippen LogP contribution in [0.3, 0.4) is 0 Å². The van der Waals surface area contributed by atoms with Crippen LogP contribution in [0.1, 0.15) is 11.1 Å². The summed E-state index contributed by atoms with van der Waals surface area (Å²) in [6.45, 7) is 0.936. The highest BCUT2D eigenvalue weighted by Crippen LogP contribution is 2.18. The van der Waals surface area contributed by atoms with Gasteiger partial charge in [0.05, 0.1) is 0 Å². The van der Waals surface area contributed by atoms with Crippen molar-refractivity contribution in [3.8, 4) is 6.19 Å². The van der Waals surface area contributed by atoms with Gasteiger partial charge in [-0.15, -0.1) is 4.99 Å². The molecule has 1 heterocycles. The van der Waals surface area contributed by atoms with Crippen LogP contribution in [-0.4, -0.2) is 17.5 Å². The number of benzene rings is 1. The Balaban J connectivity index is 0.000000114. The third-order valence-electron chi connectivity index (χ3n) is 2.17. The first kappa shape index (κ1) is 10.1. The highest BCUT2D eigenvalue weighted by Gasteiger charge is 2.05. The molecule has 1 aromatic rings. The summed E-state index contributed by atoms with van der Waals surface area (Å²) in [5.41, 5.74) is 2.97. The molecule has 3 nitrogen and oxygen atoms in total. The second kappa shape index (κ2) is 4.85. The van der Waals surface area contributed by atoms with Crippen molar-refractivity contribution in [2.24, 2.45) is 4.99 Å². The summed E-state index contributed by atoms with van der Waals surface area (Å²) >= 11 is 1.58. The standard InChI is InChI=1S/C7H6.C4H5N3S/c1-2-6-4-7(3-1)5-6;5-3-7-4-6-1-2-8-4/h1-4H,5H2;1-2H2,(H,6,7). The van der Waals surface area contributed by atoms with Crippen LogP contribution in [0.5, 0.6) is 0 Å². The van der Waals surface area contributed by atoms with E-state index in [-0.39, 0.29) is 0 Å². The summed E-state index contributed by atoms with van der Waals surface area (Å²) < 4.78 is 0. The Morgan fingerprint density at radius 3 is 2.47 bits per heavy atom. The number of thioether (sulfide) groups is 1. The zero-order valence-electron chi connectivity index (χ0n) is 8.23. The second-order valence-electron chi connectivity index (χ2n) is 3.29. The maximum atomic E-state index is 8.04. The van der Waals surface area contributed by atoms with Gasteiger partial charge in [-0.3, -0.25) is 0 Å². The quantitative estimate of drug-likeness (QED) is 0.684. The Bertz CT molecular complexity index is 387. The lowest BCUT2D eigenvalue weighted by molar-refractivity contribution is 1.02. The number of rotatable bonds is 0. The van der Waals surface area contributed by atoms with Gasteiger partial charge in [0.15, 0.2) is 5.17 Å². The van der Waals surface area contributed by atoms with Crippen LogP contribution in [0.15, 0.2) is 29.3 Å². The van der Waals surface area contributed by atoms with E-state index in [0.29, 0.717) is 0 Å². The van der Waals surface area contributed by atoms with Gasteiger partial charge in [-0.2, -0.15) is 5.26 Å². The van der Waals surface area contributed by atoms with E-state index in [2.05, 4.69) is 34.6 Å². The van der Waals surface area contributed by atoms with Gasteiger partial charge in [0.25, 0.3) is 0 Å². The Kier molecular flexibility index (Phi) is 3.25. The Morgan fingerprint density at radius 1 is 1.40 bits per heavy atom. The Morgan fingerprint density at radius 2 is 2.13 bits per heavy atom. The average molecular weight is 217 g/mol. The second-order valence-corrected chi connectivity index (χ2v) is 4.37. The van der Waals surface area contributed by atoms with Crippen molar-refractivity contribution in [2.75, 3.05) is 12.3 Å². The molecule has 1 saturated heterocycles. The van der Waals surface area contributed by atoms with Crippen LogP contribution in [0, 0.1) is 11.5 Å². The van der Waals surface area contributed by atoms with E-state index in [1.54, 1.807) is 18.0 Å². The third-order valence-corrected chi connectivity index (χ3v) is 3.09. The van der Waals surface area contributed by atoms with Crippen molar-refractivity contribution in [3.63, 3.8) is 0 Å². The van der Waals surface area contributed by atoms with Gasteiger partial charge in [-0.1, -0.05) is 36.0 Å². The van der Waals surface area contributed by atoms with E-state index >= 15 is 0 Å². The smallest absolute Gasteiger partial charge is 0.208 e. The molecule has 1 N–H and O–H groups in total. The minimum atomic E-state index is 0.757. The first-order valence-corrected chi connectivity index (χ1v) is 5.78. The molecule has 1 aromatic carbocycles. The van der Waals surface area contributed by atoms with Gasteiger partial charge in [0.2, 0.25) is 6.19 Å². The molecule has 4 heteroatoms. The third kappa shape index (κ3) is 2.74. The molecule has 0 unspecified atom stereocenters. The maximum absolute atomic E-state index is 8.04. The molecule has 0 aromatic heterocycles. The van der Waals surface area contributed by atoms with Crippen LogP contribution in [0.25, 0.3) is 0 Å². The minimum Gasteiger partial charge on any atom is -0.363 e. The van der Waals surface area contributed by atoms with Crippen LogP contribution in [-0.2, 0) is 6.42 Å². The number of fused-ring (bicyclic) bond motifs is 2. The number of aliphatic imine (C=N–C) groups is 1. The molecule has 0 spiro atoms. The first-order valence-electron chi connectivity index (χ1n) is 4.80. The predicted molar refractivity (Wildman–Crippen MR) is 62.8 cm³/mol. The summed E-state index contributed by atoms with van der Waals surface area (Å²) in [4.78, 5) is 3.50. The van der Waals surface area contributed by atoms with Crippen LogP contribution in [0.4, 0.5) is 0 Å². The maximum Gasteiger partial charge on any atom is 0.208 e. The molecule has 0 atom stereocenters. The lowest BCUT2D eigenvalue weighted by Gasteiger charge is -2.11. The Hall–Kier alpha value is -1.47. The van der Waals surface area contributed by atoms with Gasteiger partial charge in [-0.25, -0.2) is 0 Å². The fourth-order valence-electron chi connectivity index (χ4n) is 1.43. The molecule has 0 radical (unpaired) electrons. The summed E-state index contributed by atoms with van der Waals surface area (Å²) in [5, 5.41) is 11.7. The lowest BCUT2D eigenvalue weighted by atomic mass is 9.94. The lowest BCUT2D eigenvalue weighted by Crippen LogP contribution is -2.12. The van der Waals surface area contributed by atoms with E-state index in [4.69, 9.17) is 5.26 Å². The molecule has 2 bridgehead atoms. The number of nitrogens with one attached hydrogen (secondary N) is 1. The molecule has 4 rings (SSSR count). The SMILES string of the molecule is N#CN=C1NCCS1.c1cc2cc(c1)C2. The zero-order chi connectivity index (χ0) is 10.5. The fraction of sp³-hybridized carbons (Fsp3) is 0.273. The molecule has 3 aliphatic rings. The first-order chi connectivity index (χ1) is 7.38. The van der Waals surface area contributed by atoms with E-state index in [1.165, 1.54) is 17.5 Å². The fourth-order valence-corrected chi connectivity index (χ4v) is 2.14. The van der Waals surface area contributed by atoms with Gasteiger partial charge >= 0.3 is 0 Å². The highest BCUT2D eigenvalue weighted by molar-refractivity contribution is 8.14. The molecule has 15 heavy (non-hydrogen) atoms. The monoisotopic (exact) mass is 217 g/mol. The highest BCUT2D eigenvalue weighted by atomic mass is 32.2. The molecule has 0 saturated carbocycles. The van der Waals surface area contributed by atoms with Gasteiger partial charge < -0.3 is 5.32 Å². The van der Waals surface area contributed by atoms with Crippen molar-refractivity contribution >= 4 is 16.9 Å². The van der Waals surface area contributed by atoms with E-state index in [0.717, 1.165) is 17.5 Å². The number of hydrogen-bond donors (Lipinski definition) is 1. The van der Waals surface area contributed by atoms with Crippen molar-refractivity contribution in [1.82, 2.24) is 5.32 Å². The van der Waals surface area contributed by atoms with Crippen molar-refractivity contribution < 1.29 is 0 Å². The molecule has 1 aliphatic heterocycles. The normalized spacial score (nSPS) is 18.2. The van der Waals surface area contributed by atoms with E-state index < -0.39 is 0 Å². The average Bonchev–Trinajstić information content (AvgIpc) is 2.72. The van der Waals surface area contributed by atoms with Crippen molar-refractivity contribution in [1.29, 1.82) is 5.26 Å². The molecular formula is C11H11N3S. The van der Waals surface area contributed by atoms with Crippen molar-refractivity contribution in [2.45, 2.75) is 6.42 Å². The van der Waals surface area contributed by atoms with Crippen LogP contribution < -0.4 is 5.32 Å². The zero-order valence-corrected chi connectivity index (χ0v) is 9.05. The largest absolute Gasteiger partial charge is 0.363 e. The molecular weight excluding hydrogens is 206 g/mol. The predicted octanol–water partition coefficient (Wildman–Crippen LogP) is 1.75. The topological polar surface area (TPSA) is 48.2 Å². The van der Waals surface area contributed by atoms with Crippen LogP contribution in [0.2, 0.25) is 0 Å². The van der Waals surface area contributed by atoms with E-state index in [1.807, 2.05) is 0 Å². The minimum absolute atomic E-state index is 0.757. The number of nitriles is 1. The van der Waals surface area contributed by atoms with E-state index in [9.17, 15) is 0 Å². The Labute approximate surface area is 93.2 Å². The summed E-state index contributed by atoms with van der Waals surface area (Å²) in [6.07, 6.45) is 2.93. The molecule has 1 fully saturated rings. The number of hydrogen-bond acceptors (Lipinski definition) is 3. The summed E-state index contributed by atoms with van der Waals surface area (Å²) in [6, 6.07) is 8.65. The molecule has 0 amide bonds. The number of amidine groups is 1. The van der Waals surface area contributed by atoms with Gasteiger partial charge in [-0.05, 0) is 17.5 Å². The molecule has 2 aliphatic carbocycles. The summed E-state index contributed by atoms with van der Waals surface area (Å²) in [5.74, 6) is 1.03. The molecule has 76 valence electrons.